The van der Waals surface area contributed by atoms with Crippen molar-refractivity contribution in [2.45, 2.75) is 19.9 Å². The fraction of sp³-hybridized carbons (Fsp3) is 0.400. The third kappa shape index (κ3) is 2.64. The minimum absolute atomic E-state index is 0.630. The summed E-state index contributed by atoms with van der Waals surface area (Å²) in [5, 5.41) is 12.2. The molecular formula is C10H14N3OS+. The average molecular weight is 224 g/mol. The zero-order chi connectivity index (χ0) is 10.5. The number of aromatic nitrogens is 2. The van der Waals surface area contributed by atoms with Crippen molar-refractivity contribution in [2.75, 3.05) is 6.54 Å². The first-order chi connectivity index (χ1) is 7.40. The molecule has 0 aliphatic rings. The molecule has 2 heterocycles. The van der Waals surface area contributed by atoms with Crippen LogP contribution in [0, 0.1) is 0 Å². The molecule has 80 valence electrons. The van der Waals surface area contributed by atoms with Gasteiger partial charge in [-0.25, -0.2) is 0 Å². The second-order valence-corrected chi connectivity index (χ2v) is 4.21. The van der Waals surface area contributed by atoms with Crippen LogP contribution in [0.1, 0.15) is 19.2 Å². The molecule has 4 nitrogen and oxygen atoms in total. The van der Waals surface area contributed by atoms with Crippen LogP contribution in [0.4, 0.5) is 0 Å². The topological polar surface area (TPSA) is 55.5 Å². The normalized spacial score (nSPS) is 10.7. The number of nitrogens with zero attached hydrogens (tertiary/aromatic N) is 2. The van der Waals surface area contributed by atoms with Gasteiger partial charge in [-0.1, -0.05) is 13.0 Å². The molecule has 0 unspecified atom stereocenters. The smallest absolute Gasteiger partial charge is 0.271 e. The molecule has 0 aromatic carbocycles. The van der Waals surface area contributed by atoms with Crippen LogP contribution in [0.2, 0.25) is 0 Å². The molecule has 2 aromatic rings. The zero-order valence-corrected chi connectivity index (χ0v) is 9.46. The Hall–Kier alpha value is -1.20. The van der Waals surface area contributed by atoms with Gasteiger partial charge in [0.2, 0.25) is 0 Å². The Labute approximate surface area is 92.3 Å². The molecule has 0 amide bonds. The Bertz CT molecular complexity index is 396. The molecule has 0 fully saturated rings. The maximum atomic E-state index is 5.53. The van der Waals surface area contributed by atoms with Gasteiger partial charge in [0, 0.05) is 0 Å². The zero-order valence-electron chi connectivity index (χ0n) is 8.64. The summed E-state index contributed by atoms with van der Waals surface area (Å²) in [6.07, 6.45) is 1.16. The van der Waals surface area contributed by atoms with Gasteiger partial charge in [-0.2, -0.15) is 0 Å². The van der Waals surface area contributed by atoms with Gasteiger partial charge in [0.05, 0.1) is 11.4 Å². The van der Waals surface area contributed by atoms with Gasteiger partial charge >= 0.3 is 0 Å². The highest BCUT2D eigenvalue weighted by molar-refractivity contribution is 7.13. The van der Waals surface area contributed by atoms with Crippen LogP contribution in [0.5, 0.6) is 0 Å². The number of nitrogens with two attached hydrogens (primary N) is 1. The maximum absolute atomic E-state index is 5.53. The van der Waals surface area contributed by atoms with Crippen LogP contribution >= 0.6 is 11.3 Å². The molecule has 0 saturated carbocycles. The lowest BCUT2D eigenvalue weighted by Crippen LogP contribution is -2.82. The summed E-state index contributed by atoms with van der Waals surface area (Å²) >= 11 is 1.61. The summed E-state index contributed by atoms with van der Waals surface area (Å²) in [6, 6.07) is 3.96. The number of hydrogen-bond acceptors (Lipinski definition) is 4. The Balaban J connectivity index is 1.98. The van der Waals surface area contributed by atoms with Gasteiger partial charge in [-0.3, -0.25) is 0 Å². The predicted molar refractivity (Wildman–Crippen MR) is 58.4 cm³/mol. The van der Waals surface area contributed by atoms with Crippen molar-refractivity contribution in [3.63, 3.8) is 0 Å². The third-order valence-corrected chi connectivity index (χ3v) is 2.87. The molecular weight excluding hydrogens is 210 g/mol. The molecule has 2 N–H and O–H groups in total. The number of rotatable bonds is 5. The highest BCUT2D eigenvalue weighted by atomic mass is 32.1. The Kier molecular flexibility index (Phi) is 3.47. The van der Waals surface area contributed by atoms with Crippen LogP contribution < -0.4 is 5.32 Å². The van der Waals surface area contributed by atoms with Crippen molar-refractivity contribution in [1.82, 2.24) is 10.2 Å². The molecule has 0 saturated heterocycles. The number of hydrogen-bond donors (Lipinski definition) is 1. The van der Waals surface area contributed by atoms with E-state index >= 15 is 0 Å². The standard InChI is InChI=1S/C10H13N3OS/c1-2-5-11-7-9-12-13-10(14-9)8-4-3-6-15-8/h3-4,6,11H,2,5,7H2,1H3/p+1. The molecule has 2 rings (SSSR count). The van der Waals surface area contributed by atoms with E-state index in [1.165, 1.54) is 0 Å². The third-order valence-electron chi connectivity index (χ3n) is 2.01. The van der Waals surface area contributed by atoms with Gasteiger partial charge < -0.3 is 9.73 Å². The molecule has 0 bridgehead atoms. The van der Waals surface area contributed by atoms with E-state index < -0.39 is 0 Å². The molecule has 0 atom stereocenters. The van der Waals surface area contributed by atoms with E-state index in [4.69, 9.17) is 4.42 Å². The van der Waals surface area contributed by atoms with E-state index in [1.807, 2.05) is 17.5 Å². The minimum Gasteiger partial charge on any atom is -0.414 e. The highest BCUT2D eigenvalue weighted by Crippen LogP contribution is 2.22. The highest BCUT2D eigenvalue weighted by Gasteiger charge is 2.09. The molecule has 0 radical (unpaired) electrons. The molecule has 0 aliphatic carbocycles. The van der Waals surface area contributed by atoms with E-state index in [2.05, 4.69) is 22.4 Å². The Morgan fingerprint density at radius 1 is 1.47 bits per heavy atom. The van der Waals surface area contributed by atoms with Crippen LogP contribution in [-0.4, -0.2) is 16.7 Å². The van der Waals surface area contributed by atoms with Gasteiger partial charge in [-0.05, 0) is 17.9 Å². The fourth-order valence-corrected chi connectivity index (χ4v) is 1.91. The maximum Gasteiger partial charge on any atom is 0.271 e. The van der Waals surface area contributed by atoms with Crippen LogP contribution in [0.3, 0.4) is 0 Å². The minimum atomic E-state index is 0.630. The predicted octanol–water partition coefficient (Wildman–Crippen LogP) is 1.27. The van der Waals surface area contributed by atoms with E-state index in [0.717, 1.165) is 24.4 Å². The molecule has 5 heteroatoms. The van der Waals surface area contributed by atoms with Crippen molar-refractivity contribution in [3.8, 4) is 10.8 Å². The molecule has 15 heavy (non-hydrogen) atoms. The SMILES string of the molecule is CCC[NH2+]Cc1nnc(-c2cccs2)o1. The Morgan fingerprint density at radius 3 is 3.13 bits per heavy atom. The van der Waals surface area contributed by atoms with Gasteiger partial charge in [0.15, 0.2) is 6.54 Å². The van der Waals surface area contributed by atoms with E-state index in [0.29, 0.717) is 11.8 Å². The fourth-order valence-electron chi connectivity index (χ4n) is 1.27. The second kappa shape index (κ2) is 5.04. The van der Waals surface area contributed by atoms with Crippen molar-refractivity contribution in [1.29, 1.82) is 0 Å². The molecule has 2 aromatic heterocycles. The van der Waals surface area contributed by atoms with Crippen molar-refractivity contribution >= 4 is 11.3 Å². The number of thiophene rings is 1. The van der Waals surface area contributed by atoms with Crippen LogP contribution in [-0.2, 0) is 6.54 Å². The lowest BCUT2D eigenvalue weighted by molar-refractivity contribution is -0.672. The summed E-state index contributed by atoms with van der Waals surface area (Å²) in [5.41, 5.74) is 0. The molecule has 0 spiro atoms. The van der Waals surface area contributed by atoms with Crippen molar-refractivity contribution in [3.05, 3.63) is 23.4 Å². The van der Waals surface area contributed by atoms with E-state index in [1.54, 1.807) is 11.3 Å². The first-order valence-electron chi connectivity index (χ1n) is 5.08. The first kappa shape index (κ1) is 10.3. The van der Waals surface area contributed by atoms with Crippen LogP contribution in [0.15, 0.2) is 21.9 Å². The largest absolute Gasteiger partial charge is 0.414 e. The van der Waals surface area contributed by atoms with Crippen LogP contribution in [0.25, 0.3) is 10.8 Å². The second-order valence-electron chi connectivity index (χ2n) is 3.26. The first-order valence-corrected chi connectivity index (χ1v) is 5.96. The summed E-state index contributed by atoms with van der Waals surface area (Å²) in [4.78, 5) is 1.03. The monoisotopic (exact) mass is 224 g/mol. The summed E-state index contributed by atoms with van der Waals surface area (Å²) in [6.45, 7) is 4.02. The van der Waals surface area contributed by atoms with Crippen molar-refractivity contribution < 1.29 is 9.73 Å². The van der Waals surface area contributed by atoms with Crippen molar-refractivity contribution in [2.24, 2.45) is 0 Å². The van der Waals surface area contributed by atoms with E-state index in [-0.39, 0.29) is 0 Å². The lowest BCUT2D eigenvalue weighted by Gasteiger charge is -1.93. The quantitative estimate of drug-likeness (QED) is 0.778. The number of quaternary nitrogens is 1. The van der Waals surface area contributed by atoms with Gasteiger partial charge in [0.25, 0.3) is 11.8 Å². The Morgan fingerprint density at radius 2 is 2.40 bits per heavy atom. The van der Waals surface area contributed by atoms with E-state index in [9.17, 15) is 0 Å². The summed E-state index contributed by atoms with van der Waals surface area (Å²) in [7, 11) is 0. The molecule has 0 aliphatic heterocycles. The average Bonchev–Trinajstić information content (AvgIpc) is 2.87. The van der Waals surface area contributed by atoms with Gasteiger partial charge in [-0.15, -0.1) is 21.5 Å². The summed E-state index contributed by atoms with van der Waals surface area (Å²) in [5.74, 6) is 1.33. The lowest BCUT2D eigenvalue weighted by atomic mass is 10.5. The van der Waals surface area contributed by atoms with Gasteiger partial charge in [0.1, 0.15) is 0 Å². The summed E-state index contributed by atoms with van der Waals surface area (Å²) < 4.78 is 5.53.